The predicted octanol–water partition coefficient (Wildman–Crippen LogP) is 4.90. The molecule has 6 nitrogen and oxygen atoms in total. The maximum absolute atomic E-state index is 12.0. The van der Waals surface area contributed by atoms with Crippen molar-refractivity contribution in [3.05, 3.63) is 59.7 Å². The van der Waals surface area contributed by atoms with Gasteiger partial charge in [-0.1, -0.05) is 37.1 Å². The first-order chi connectivity index (χ1) is 14.6. The highest BCUT2D eigenvalue weighted by Crippen LogP contribution is 2.13. The zero-order valence-electron chi connectivity index (χ0n) is 17.9. The summed E-state index contributed by atoms with van der Waals surface area (Å²) < 4.78 is 10.1. The Morgan fingerprint density at radius 2 is 1.00 bits per heavy atom. The van der Waals surface area contributed by atoms with Gasteiger partial charge in [0.15, 0.2) is 0 Å². The van der Waals surface area contributed by atoms with Gasteiger partial charge in [-0.15, -0.1) is 0 Å². The van der Waals surface area contributed by atoms with Crippen LogP contribution in [0.25, 0.3) is 0 Å². The van der Waals surface area contributed by atoms with Crippen LogP contribution in [0.3, 0.4) is 0 Å². The summed E-state index contributed by atoms with van der Waals surface area (Å²) in [5, 5.41) is 5.82. The third-order valence-electron chi connectivity index (χ3n) is 4.66. The van der Waals surface area contributed by atoms with Crippen LogP contribution >= 0.6 is 0 Å². The van der Waals surface area contributed by atoms with E-state index >= 15 is 0 Å². The second-order valence-electron chi connectivity index (χ2n) is 7.27. The van der Waals surface area contributed by atoms with Gasteiger partial charge >= 0.3 is 0 Å². The van der Waals surface area contributed by atoms with Crippen LogP contribution < -0.4 is 10.6 Å². The van der Waals surface area contributed by atoms with Crippen molar-refractivity contribution >= 4 is 23.2 Å². The van der Waals surface area contributed by atoms with Crippen molar-refractivity contribution in [1.29, 1.82) is 0 Å². The average Bonchev–Trinajstić information content (AvgIpc) is 2.74. The van der Waals surface area contributed by atoms with E-state index in [1.54, 1.807) is 14.2 Å². The molecule has 0 aliphatic carbocycles. The number of carbonyl (C=O) groups is 2. The molecule has 0 saturated carbocycles. The molecule has 0 aliphatic rings. The first-order valence-corrected chi connectivity index (χ1v) is 10.4. The minimum Gasteiger partial charge on any atom is -0.380 e. The summed E-state index contributed by atoms with van der Waals surface area (Å²) in [6.45, 7) is 1.12. The lowest BCUT2D eigenvalue weighted by atomic mass is 10.1. The summed E-state index contributed by atoms with van der Waals surface area (Å²) in [7, 11) is 3.31. The number of amides is 2. The number of methoxy groups -OCH3 is 2. The molecule has 0 aliphatic heterocycles. The van der Waals surface area contributed by atoms with E-state index in [0.717, 1.165) is 48.2 Å². The lowest BCUT2D eigenvalue weighted by molar-refractivity contribution is -0.117. The van der Waals surface area contributed by atoms with Gasteiger partial charge in [0, 0.05) is 38.4 Å². The molecule has 0 atom stereocenters. The highest BCUT2D eigenvalue weighted by atomic mass is 16.5. The molecule has 2 aromatic carbocycles. The smallest absolute Gasteiger partial charge is 0.224 e. The largest absolute Gasteiger partial charge is 0.380 e. The van der Waals surface area contributed by atoms with Crippen molar-refractivity contribution in [1.82, 2.24) is 0 Å². The number of benzene rings is 2. The molecule has 162 valence electrons. The Kier molecular flexibility index (Phi) is 10.6. The standard InChI is InChI=1S/C24H32N2O4/c1-29-17-19-9-13-21(14-10-19)25-23(27)7-5-3-4-6-8-24(28)26-22-15-11-20(12-16-22)18-30-2/h9-16H,3-8,17-18H2,1-2H3,(H,25,27)(H,26,28). The third-order valence-corrected chi connectivity index (χ3v) is 4.66. The predicted molar refractivity (Wildman–Crippen MR) is 119 cm³/mol. The van der Waals surface area contributed by atoms with E-state index in [-0.39, 0.29) is 11.8 Å². The minimum absolute atomic E-state index is 0.0177. The van der Waals surface area contributed by atoms with E-state index in [0.29, 0.717) is 26.1 Å². The van der Waals surface area contributed by atoms with Crippen LogP contribution in [-0.2, 0) is 32.3 Å². The molecule has 0 heterocycles. The van der Waals surface area contributed by atoms with Crippen LogP contribution in [0.15, 0.2) is 48.5 Å². The van der Waals surface area contributed by atoms with Crippen LogP contribution in [0.5, 0.6) is 0 Å². The van der Waals surface area contributed by atoms with Gasteiger partial charge in [0.05, 0.1) is 13.2 Å². The van der Waals surface area contributed by atoms with Crippen molar-refractivity contribution in [3.63, 3.8) is 0 Å². The Bertz CT molecular complexity index is 705. The first-order valence-electron chi connectivity index (χ1n) is 10.4. The lowest BCUT2D eigenvalue weighted by Crippen LogP contribution is -2.12. The number of hydrogen-bond acceptors (Lipinski definition) is 4. The van der Waals surface area contributed by atoms with Crippen molar-refractivity contribution in [3.8, 4) is 0 Å². The number of carbonyl (C=O) groups excluding carboxylic acids is 2. The summed E-state index contributed by atoms with van der Waals surface area (Å²) in [6, 6.07) is 15.3. The number of rotatable bonds is 13. The van der Waals surface area contributed by atoms with Gasteiger partial charge in [0.2, 0.25) is 11.8 Å². The van der Waals surface area contributed by atoms with Gasteiger partial charge in [0.1, 0.15) is 0 Å². The second-order valence-corrected chi connectivity index (χ2v) is 7.27. The quantitative estimate of drug-likeness (QED) is 0.459. The van der Waals surface area contributed by atoms with Gasteiger partial charge in [0.25, 0.3) is 0 Å². The highest BCUT2D eigenvalue weighted by Gasteiger charge is 2.05. The van der Waals surface area contributed by atoms with E-state index in [1.807, 2.05) is 48.5 Å². The first kappa shape index (κ1) is 23.6. The molecule has 2 N–H and O–H groups in total. The maximum Gasteiger partial charge on any atom is 0.224 e. The highest BCUT2D eigenvalue weighted by molar-refractivity contribution is 5.91. The molecule has 0 aromatic heterocycles. The molecule has 6 heteroatoms. The SMILES string of the molecule is COCc1ccc(NC(=O)CCCCCCC(=O)Nc2ccc(COC)cc2)cc1. The van der Waals surface area contributed by atoms with Gasteiger partial charge in [-0.05, 0) is 48.2 Å². The summed E-state index contributed by atoms with van der Waals surface area (Å²) in [4.78, 5) is 24.0. The van der Waals surface area contributed by atoms with Gasteiger partial charge in [-0.3, -0.25) is 9.59 Å². The number of nitrogens with one attached hydrogen (secondary N) is 2. The minimum atomic E-state index is 0.0177. The van der Waals surface area contributed by atoms with Crippen molar-refractivity contribution in [2.75, 3.05) is 24.9 Å². The lowest BCUT2D eigenvalue weighted by Gasteiger charge is -2.07. The summed E-state index contributed by atoms with van der Waals surface area (Å²) in [5.74, 6) is 0.0355. The maximum atomic E-state index is 12.0. The zero-order valence-corrected chi connectivity index (χ0v) is 17.9. The molecule has 2 amide bonds. The monoisotopic (exact) mass is 412 g/mol. The number of hydrogen-bond donors (Lipinski definition) is 2. The average molecular weight is 413 g/mol. The van der Waals surface area contributed by atoms with Gasteiger partial charge in [-0.2, -0.15) is 0 Å². The van der Waals surface area contributed by atoms with Crippen LogP contribution in [0.4, 0.5) is 11.4 Å². The van der Waals surface area contributed by atoms with E-state index in [1.165, 1.54) is 0 Å². The van der Waals surface area contributed by atoms with Crippen LogP contribution in [-0.4, -0.2) is 26.0 Å². The summed E-state index contributed by atoms with van der Waals surface area (Å²) in [5.41, 5.74) is 3.74. The fourth-order valence-electron chi connectivity index (χ4n) is 3.07. The Morgan fingerprint density at radius 1 is 0.633 bits per heavy atom. The van der Waals surface area contributed by atoms with Crippen molar-refractivity contribution < 1.29 is 19.1 Å². The number of anilines is 2. The third kappa shape index (κ3) is 9.20. The Labute approximate surface area is 179 Å². The van der Waals surface area contributed by atoms with Crippen LogP contribution in [0.1, 0.15) is 49.7 Å². The molecule has 0 saturated heterocycles. The Balaban J connectivity index is 1.54. The molecular weight excluding hydrogens is 380 g/mol. The van der Waals surface area contributed by atoms with Gasteiger partial charge in [-0.25, -0.2) is 0 Å². The van der Waals surface area contributed by atoms with Crippen LogP contribution in [0, 0.1) is 0 Å². The van der Waals surface area contributed by atoms with E-state index < -0.39 is 0 Å². The topological polar surface area (TPSA) is 76.7 Å². The normalized spacial score (nSPS) is 10.6. The van der Waals surface area contributed by atoms with E-state index in [2.05, 4.69) is 10.6 Å². The molecule has 0 bridgehead atoms. The molecule has 2 rings (SSSR count). The zero-order chi connectivity index (χ0) is 21.6. The molecule has 0 spiro atoms. The molecule has 2 aromatic rings. The van der Waals surface area contributed by atoms with Crippen LogP contribution in [0.2, 0.25) is 0 Å². The molecule has 30 heavy (non-hydrogen) atoms. The Hall–Kier alpha value is -2.70. The second kappa shape index (κ2) is 13.5. The molecule has 0 radical (unpaired) electrons. The van der Waals surface area contributed by atoms with Crippen molar-refractivity contribution in [2.24, 2.45) is 0 Å². The van der Waals surface area contributed by atoms with Gasteiger partial charge < -0.3 is 20.1 Å². The van der Waals surface area contributed by atoms with E-state index in [4.69, 9.17) is 9.47 Å². The van der Waals surface area contributed by atoms with E-state index in [9.17, 15) is 9.59 Å². The number of unbranched alkanes of at least 4 members (excludes halogenated alkanes) is 3. The molecule has 0 fully saturated rings. The molecule has 0 unspecified atom stereocenters. The van der Waals surface area contributed by atoms with Crippen molar-refractivity contribution in [2.45, 2.75) is 51.7 Å². The Morgan fingerprint density at radius 3 is 1.33 bits per heavy atom. The molecular formula is C24H32N2O4. The fourth-order valence-corrected chi connectivity index (χ4v) is 3.07. The summed E-state index contributed by atoms with van der Waals surface area (Å²) in [6.07, 6.45) is 4.46. The summed E-state index contributed by atoms with van der Waals surface area (Å²) >= 11 is 0. The number of ether oxygens (including phenoxy) is 2. The fraction of sp³-hybridized carbons (Fsp3) is 0.417.